The Morgan fingerprint density at radius 3 is 2.46 bits per heavy atom. The number of likely N-dealkylation sites (tertiary alicyclic amines) is 1. The van der Waals surface area contributed by atoms with Gasteiger partial charge in [0.25, 0.3) is 5.91 Å². The number of hydrogen-bond donors (Lipinski definition) is 0. The summed E-state index contributed by atoms with van der Waals surface area (Å²) in [6, 6.07) is 7.81. The Morgan fingerprint density at radius 2 is 1.88 bits per heavy atom. The molecule has 0 N–H and O–H groups in total. The molecule has 0 atom stereocenters. The zero-order chi connectivity index (χ0) is 17.1. The fraction of sp³-hybridized carbons (Fsp3) is 0.500. The summed E-state index contributed by atoms with van der Waals surface area (Å²) in [6.45, 7) is 4.54. The topological polar surface area (TPSA) is 54.3 Å². The van der Waals surface area contributed by atoms with Crippen LogP contribution in [0.25, 0.3) is 0 Å². The molecule has 2 aromatic rings. The molecule has 1 aliphatic rings. The van der Waals surface area contributed by atoms with E-state index < -0.39 is 0 Å². The molecule has 1 aliphatic heterocycles. The van der Waals surface area contributed by atoms with Gasteiger partial charge in [-0.05, 0) is 44.0 Å². The first-order chi connectivity index (χ1) is 11.6. The number of piperidine rings is 1. The van der Waals surface area contributed by atoms with Gasteiger partial charge in [0, 0.05) is 50.9 Å². The van der Waals surface area contributed by atoms with Gasteiger partial charge < -0.3 is 14.4 Å². The lowest BCUT2D eigenvalue weighted by molar-refractivity contribution is 0.0710. The zero-order valence-electron chi connectivity index (χ0n) is 14.6. The maximum atomic E-state index is 12.7. The third-order valence-corrected chi connectivity index (χ3v) is 4.76. The van der Waals surface area contributed by atoms with E-state index in [1.54, 1.807) is 6.33 Å². The van der Waals surface area contributed by atoms with Crippen LogP contribution in [0.1, 0.15) is 41.9 Å². The summed E-state index contributed by atoms with van der Waals surface area (Å²) in [5.74, 6) is 1.57. The van der Waals surface area contributed by atoms with Crippen LogP contribution in [0.4, 0.5) is 5.69 Å². The molecule has 0 aliphatic carbocycles. The monoisotopic (exact) mass is 327 g/mol. The Bertz CT molecular complexity index is 684. The molecule has 1 amide bonds. The van der Waals surface area contributed by atoms with E-state index in [9.17, 15) is 4.79 Å². The van der Waals surface area contributed by atoms with E-state index >= 15 is 0 Å². The molecule has 0 spiro atoms. The zero-order valence-corrected chi connectivity index (χ0v) is 14.6. The first-order valence-electron chi connectivity index (χ1n) is 8.54. The summed E-state index contributed by atoms with van der Waals surface area (Å²) >= 11 is 0. The Labute approximate surface area is 143 Å². The van der Waals surface area contributed by atoms with Crippen LogP contribution in [-0.4, -0.2) is 52.8 Å². The van der Waals surface area contributed by atoms with Gasteiger partial charge in [0.2, 0.25) is 0 Å². The summed E-state index contributed by atoms with van der Waals surface area (Å²) in [5, 5.41) is 8.29. The predicted molar refractivity (Wildman–Crippen MR) is 94.3 cm³/mol. The van der Waals surface area contributed by atoms with Gasteiger partial charge in [0.1, 0.15) is 12.2 Å². The SMILES string of the molecule is CCn1cnnc1C1CCN(C(=O)c2ccc(N(C)C)cc2)CC1. The minimum absolute atomic E-state index is 0.121. The number of carbonyl (C=O) groups excluding carboxylic acids is 1. The summed E-state index contributed by atoms with van der Waals surface area (Å²) in [4.78, 5) is 16.7. The van der Waals surface area contributed by atoms with Crippen molar-refractivity contribution < 1.29 is 4.79 Å². The van der Waals surface area contributed by atoms with Gasteiger partial charge in [-0.3, -0.25) is 4.79 Å². The highest BCUT2D eigenvalue weighted by molar-refractivity contribution is 5.94. The maximum Gasteiger partial charge on any atom is 0.253 e. The van der Waals surface area contributed by atoms with E-state index in [4.69, 9.17) is 0 Å². The average molecular weight is 327 g/mol. The van der Waals surface area contributed by atoms with Gasteiger partial charge >= 0.3 is 0 Å². The molecule has 128 valence electrons. The maximum absolute atomic E-state index is 12.7. The molecule has 6 heteroatoms. The number of amides is 1. The summed E-state index contributed by atoms with van der Waals surface area (Å²) in [7, 11) is 3.99. The molecule has 1 saturated heterocycles. The second-order valence-electron chi connectivity index (χ2n) is 6.48. The first kappa shape index (κ1) is 16.5. The number of nitrogens with zero attached hydrogens (tertiary/aromatic N) is 5. The number of anilines is 1. The molecule has 3 rings (SSSR count). The van der Waals surface area contributed by atoms with Crippen LogP contribution >= 0.6 is 0 Å². The quantitative estimate of drug-likeness (QED) is 0.865. The third kappa shape index (κ3) is 3.27. The normalized spacial score (nSPS) is 15.5. The van der Waals surface area contributed by atoms with Crippen LogP contribution in [0.2, 0.25) is 0 Å². The van der Waals surface area contributed by atoms with Crippen LogP contribution < -0.4 is 4.90 Å². The average Bonchev–Trinajstić information content (AvgIpc) is 3.10. The van der Waals surface area contributed by atoms with Crippen molar-refractivity contribution in [2.75, 3.05) is 32.1 Å². The van der Waals surface area contributed by atoms with Crippen molar-refractivity contribution in [3.05, 3.63) is 42.0 Å². The Morgan fingerprint density at radius 1 is 1.21 bits per heavy atom. The van der Waals surface area contributed by atoms with E-state index in [1.807, 2.05) is 48.2 Å². The first-order valence-corrected chi connectivity index (χ1v) is 8.54. The minimum atomic E-state index is 0.121. The Hall–Kier alpha value is -2.37. The van der Waals surface area contributed by atoms with E-state index in [2.05, 4.69) is 21.7 Å². The molecule has 0 radical (unpaired) electrons. The summed E-state index contributed by atoms with van der Waals surface area (Å²) in [6.07, 6.45) is 3.68. The van der Waals surface area contributed by atoms with Crippen molar-refractivity contribution in [1.82, 2.24) is 19.7 Å². The number of rotatable bonds is 4. The van der Waals surface area contributed by atoms with Crippen LogP contribution in [0.5, 0.6) is 0 Å². The minimum Gasteiger partial charge on any atom is -0.378 e. The molecule has 1 aromatic heterocycles. The molecule has 0 saturated carbocycles. The number of aryl methyl sites for hydroxylation is 1. The lowest BCUT2D eigenvalue weighted by atomic mass is 9.95. The molecule has 1 aromatic carbocycles. The van der Waals surface area contributed by atoms with Gasteiger partial charge in [-0.1, -0.05) is 0 Å². The smallest absolute Gasteiger partial charge is 0.253 e. The molecular weight excluding hydrogens is 302 g/mol. The highest BCUT2D eigenvalue weighted by Crippen LogP contribution is 2.27. The van der Waals surface area contributed by atoms with Gasteiger partial charge in [-0.25, -0.2) is 0 Å². The van der Waals surface area contributed by atoms with E-state index in [-0.39, 0.29) is 5.91 Å². The molecule has 24 heavy (non-hydrogen) atoms. The Kier molecular flexibility index (Phi) is 4.83. The number of hydrogen-bond acceptors (Lipinski definition) is 4. The van der Waals surface area contributed by atoms with Crippen molar-refractivity contribution >= 4 is 11.6 Å². The summed E-state index contributed by atoms with van der Waals surface area (Å²) in [5.41, 5.74) is 1.86. The fourth-order valence-electron chi connectivity index (χ4n) is 3.25. The largest absolute Gasteiger partial charge is 0.378 e. The number of aromatic nitrogens is 3. The second kappa shape index (κ2) is 7.03. The number of carbonyl (C=O) groups is 1. The van der Waals surface area contributed by atoms with Crippen LogP contribution in [0.15, 0.2) is 30.6 Å². The van der Waals surface area contributed by atoms with Crippen molar-refractivity contribution in [3.63, 3.8) is 0 Å². The molecule has 2 heterocycles. The third-order valence-electron chi connectivity index (χ3n) is 4.76. The summed E-state index contributed by atoms with van der Waals surface area (Å²) < 4.78 is 2.10. The highest BCUT2D eigenvalue weighted by Gasteiger charge is 2.27. The fourth-order valence-corrected chi connectivity index (χ4v) is 3.25. The van der Waals surface area contributed by atoms with Crippen molar-refractivity contribution in [2.24, 2.45) is 0 Å². The lowest BCUT2D eigenvalue weighted by Crippen LogP contribution is -2.38. The van der Waals surface area contributed by atoms with Crippen LogP contribution in [-0.2, 0) is 6.54 Å². The highest BCUT2D eigenvalue weighted by atomic mass is 16.2. The Balaban J connectivity index is 1.62. The van der Waals surface area contributed by atoms with Crippen molar-refractivity contribution in [3.8, 4) is 0 Å². The van der Waals surface area contributed by atoms with E-state index in [0.717, 1.165) is 49.6 Å². The van der Waals surface area contributed by atoms with Crippen LogP contribution in [0, 0.1) is 0 Å². The van der Waals surface area contributed by atoms with Crippen molar-refractivity contribution in [1.29, 1.82) is 0 Å². The molecular formula is C18H25N5O. The lowest BCUT2D eigenvalue weighted by Gasteiger charge is -2.31. The predicted octanol–water partition coefficient (Wildman–Crippen LogP) is 2.38. The van der Waals surface area contributed by atoms with E-state index in [0.29, 0.717) is 5.92 Å². The van der Waals surface area contributed by atoms with Crippen LogP contribution in [0.3, 0.4) is 0 Å². The van der Waals surface area contributed by atoms with Crippen molar-refractivity contribution in [2.45, 2.75) is 32.2 Å². The molecule has 1 fully saturated rings. The second-order valence-corrected chi connectivity index (χ2v) is 6.48. The van der Waals surface area contributed by atoms with E-state index in [1.165, 1.54) is 0 Å². The molecule has 0 bridgehead atoms. The standard InChI is InChI=1S/C18H25N5O/c1-4-22-13-19-20-17(22)14-9-11-23(12-10-14)18(24)15-5-7-16(8-6-15)21(2)3/h5-8,13-14H,4,9-12H2,1-3H3. The number of benzene rings is 1. The van der Waals surface area contributed by atoms with Gasteiger partial charge in [-0.15, -0.1) is 10.2 Å². The molecule has 0 unspecified atom stereocenters. The molecule has 6 nitrogen and oxygen atoms in total. The van der Waals surface area contributed by atoms with Gasteiger partial charge in [0.15, 0.2) is 0 Å². The van der Waals surface area contributed by atoms with Gasteiger partial charge in [0.05, 0.1) is 0 Å². The van der Waals surface area contributed by atoms with Gasteiger partial charge in [-0.2, -0.15) is 0 Å².